The highest BCUT2D eigenvalue weighted by Gasteiger charge is 2.26. The number of ketones is 1. The van der Waals surface area contributed by atoms with Crippen LogP contribution >= 0.6 is 23.2 Å². The molecule has 26 heavy (non-hydrogen) atoms. The standard InChI is InChI=1S/C19H18Cl2N2O3/c1-3-4-5-8-23-18(25)14(10-22)11(2)16(19(23)26)17(24)13-7-6-12(20)9-15(13)21/h6-7,9,26H,3-5,8H2,1-2H3. The van der Waals surface area contributed by atoms with Crippen LogP contribution in [0.15, 0.2) is 23.0 Å². The normalized spacial score (nSPS) is 10.6. The largest absolute Gasteiger partial charge is 0.494 e. The van der Waals surface area contributed by atoms with Gasteiger partial charge in [0.15, 0.2) is 5.78 Å². The molecule has 0 aliphatic carbocycles. The van der Waals surface area contributed by atoms with E-state index in [4.69, 9.17) is 23.2 Å². The van der Waals surface area contributed by atoms with E-state index in [1.54, 1.807) is 0 Å². The highest BCUT2D eigenvalue weighted by atomic mass is 35.5. The molecular formula is C19H18Cl2N2O3. The average Bonchev–Trinajstić information content (AvgIpc) is 2.58. The molecule has 2 aromatic rings. The number of carbonyl (C=O) groups is 1. The Morgan fingerprint density at radius 2 is 2.00 bits per heavy atom. The molecule has 0 fully saturated rings. The van der Waals surface area contributed by atoms with Crippen molar-refractivity contribution in [2.24, 2.45) is 0 Å². The Morgan fingerprint density at radius 1 is 1.31 bits per heavy atom. The molecule has 0 aliphatic heterocycles. The summed E-state index contributed by atoms with van der Waals surface area (Å²) in [6, 6.07) is 6.22. The fraction of sp³-hybridized carbons (Fsp3) is 0.316. The van der Waals surface area contributed by atoms with E-state index in [9.17, 15) is 20.0 Å². The van der Waals surface area contributed by atoms with Crippen LogP contribution in [-0.4, -0.2) is 15.5 Å². The summed E-state index contributed by atoms with van der Waals surface area (Å²) in [6.45, 7) is 3.70. The molecule has 0 saturated heterocycles. The van der Waals surface area contributed by atoms with Crippen LogP contribution in [0, 0.1) is 18.3 Å². The molecule has 2 rings (SSSR count). The van der Waals surface area contributed by atoms with Crippen LogP contribution in [0.3, 0.4) is 0 Å². The number of nitrogens with zero attached hydrogens (tertiary/aromatic N) is 2. The quantitative estimate of drug-likeness (QED) is 0.580. The second-order valence-corrected chi connectivity index (χ2v) is 6.77. The summed E-state index contributed by atoms with van der Waals surface area (Å²) in [5.74, 6) is -1.01. The van der Waals surface area contributed by atoms with Gasteiger partial charge in [0.25, 0.3) is 5.56 Å². The maximum atomic E-state index is 13.0. The SMILES string of the molecule is CCCCCn1c(O)c(C(=O)c2ccc(Cl)cc2Cl)c(C)c(C#N)c1=O. The molecule has 1 aromatic heterocycles. The van der Waals surface area contributed by atoms with Gasteiger partial charge < -0.3 is 5.11 Å². The van der Waals surface area contributed by atoms with Crippen LogP contribution in [0.5, 0.6) is 5.88 Å². The minimum atomic E-state index is -0.600. The first-order chi connectivity index (χ1) is 12.3. The van der Waals surface area contributed by atoms with Gasteiger partial charge in [-0.05, 0) is 37.1 Å². The molecular weight excluding hydrogens is 375 g/mol. The summed E-state index contributed by atoms with van der Waals surface area (Å²) in [6.07, 6.45) is 2.43. The second kappa shape index (κ2) is 8.39. The third-order valence-corrected chi connectivity index (χ3v) is 4.74. The van der Waals surface area contributed by atoms with Crippen LogP contribution in [0.25, 0.3) is 0 Å². The van der Waals surface area contributed by atoms with Crippen molar-refractivity contribution in [3.8, 4) is 11.9 Å². The Kier molecular flexibility index (Phi) is 6.47. The van der Waals surface area contributed by atoms with E-state index >= 15 is 0 Å². The van der Waals surface area contributed by atoms with Gasteiger partial charge in [-0.25, -0.2) is 0 Å². The van der Waals surface area contributed by atoms with Crippen molar-refractivity contribution in [2.75, 3.05) is 0 Å². The summed E-state index contributed by atoms with van der Waals surface area (Å²) in [4.78, 5) is 25.5. The number of rotatable bonds is 6. The van der Waals surface area contributed by atoms with Crippen molar-refractivity contribution in [3.05, 3.63) is 60.9 Å². The molecule has 5 nitrogen and oxygen atoms in total. The fourth-order valence-electron chi connectivity index (χ4n) is 2.76. The highest BCUT2D eigenvalue weighted by molar-refractivity contribution is 6.37. The molecule has 0 saturated carbocycles. The molecule has 1 heterocycles. The minimum absolute atomic E-state index is 0.0955. The Morgan fingerprint density at radius 3 is 2.58 bits per heavy atom. The Balaban J connectivity index is 2.67. The fourth-order valence-corrected chi connectivity index (χ4v) is 3.25. The number of carbonyl (C=O) groups excluding carboxylic acids is 1. The predicted octanol–water partition coefficient (Wildman–Crippen LogP) is 4.46. The molecule has 0 bridgehead atoms. The van der Waals surface area contributed by atoms with Gasteiger partial charge >= 0.3 is 0 Å². The third-order valence-electron chi connectivity index (χ3n) is 4.19. The predicted molar refractivity (Wildman–Crippen MR) is 101 cm³/mol. The van der Waals surface area contributed by atoms with E-state index in [-0.39, 0.29) is 33.8 Å². The van der Waals surface area contributed by atoms with Crippen molar-refractivity contribution in [3.63, 3.8) is 0 Å². The number of pyridine rings is 1. The van der Waals surface area contributed by atoms with Gasteiger partial charge in [0.05, 0.1) is 10.6 Å². The topological polar surface area (TPSA) is 83.1 Å². The highest BCUT2D eigenvalue weighted by Crippen LogP contribution is 2.29. The number of nitriles is 1. The van der Waals surface area contributed by atoms with E-state index in [1.807, 2.05) is 13.0 Å². The van der Waals surface area contributed by atoms with Gasteiger partial charge in [0.2, 0.25) is 5.88 Å². The van der Waals surface area contributed by atoms with E-state index < -0.39 is 17.2 Å². The van der Waals surface area contributed by atoms with Crippen LogP contribution in [0.2, 0.25) is 10.0 Å². The molecule has 0 aliphatic rings. The summed E-state index contributed by atoms with van der Waals surface area (Å²) >= 11 is 12.0. The Bertz CT molecular complexity index is 959. The third kappa shape index (κ3) is 3.77. The lowest BCUT2D eigenvalue weighted by Gasteiger charge is -2.16. The minimum Gasteiger partial charge on any atom is -0.494 e. The molecule has 1 N–H and O–H groups in total. The van der Waals surface area contributed by atoms with Crippen molar-refractivity contribution in [1.29, 1.82) is 5.26 Å². The second-order valence-electron chi connectivity index (χ2n) is 5.93. The summed E-state index contributed by atoms with van der Waals surface area (Å²) < 4.78 is 1.08. The van der Waals surface area contributed by atoms with E-state index in [0.717, 1.165) is 17.4 Å². The van der Waals surface area contributed by atoms with Gasteiger partial charge in [0.1, 0.15) is 11.6 Å². The van der Waals surface area contributed by atoms with Gasteiger partial charge in [-0.15, -0.1) is 0 Å². The molecule has 7 heteroatoms. The lowest BCUT2D eigenvalue weighted by atomic mass is 9.97. The van der Waals surface area contributed by atoms with Gasteiger partial charge in [-0.1, -0.05) is 43.0 Å². The Labute approximate surface area is 161 Å². The Hall–Kier alpha value is -2.29. The number of hydrogen-bond donors (Lipinski definition) is 1. The first kappa shape index (κ1) is 20.0. The van der Waals surface area contributed by atoms with Gasteiger partial charge in [-0.3, -0.25) is 14.2 Å². The zero-order valence-corrected chi connectivity index (χ0v) is 16.0. The van der Waals surface area contributed by atoms with Crippen LogP contribution in [0.1, 0.15) is 53.2 Å². The van der Waals surface area contributed by atoms with Crippen LogP contribution in [-0.2, 0) is 6.54 Å². The lowest BCUT2D eigenvalue weighted by molar-refractivity contribution is 0.103. The maximum Gasteiger partial charge on any atom is 0.271 e. The number of aromatic hydroxyl groups is 1. The summed E-state index contributed by atoms with van der Waals surface area (Å²) in [7, 11) is 0. The van der Waals surface area contributed by atoms with Crippen LogP contribution < -0.4 is 5.56 Å². The summed E-state index contributed by atoms with van der Waals surface area (Å²) in [5, 5.41) is 20.5. The monoisotopic (exact) mass is 392 g/mol. The van der Waals surface area contributed by atoms with Gasteiger partial charge in [-0.2, -0.15) is 5.26 Å². The molecule has 0 radical (unpaired) electrons. The van der Waals surface area contributed by atoms with Crippen molar-refractivity contribution in [2.45, 2.75) is 39.7 Å². The van der Waals surface area contributed by atoms with Gasteiger partial charge in [0, 0.05) is 17.1 Å². The first-order valence-corrected chi connectivity index (χ1v) is 8.95. The molecule has 0 atom stereocenters. The number of halogens is 2. The molecule has 0 amide bonds. The molecule has 1 aromatic carbocycles. The zero-order valence-electron chi connectivity index (χ0n) is 14.5. The molecule has 0 spiro atoms. The number of unbranched alkanes of at least 4 members (excludes halogenated alkanes) is 2. The number of benzene rings is 1. The summed E-state index contributed by atoms with van der Waals surface area (Å²) in [5.41, 5.74) is -0.582. The van der Waals surface area contributed by atoms with Crippen molar-refractivity contribution < 1.29 is 9.90 Å². The zero-order chi connectivity index (χ0) is 19.4. The van der Waals surface area contributed by atoms with Crippen molar-refractivity contribution in [1.82, 2.24) is 4.57 Å². The van der Waals surface area contributed by atoms with Crippen LogP contribution in [0.4, 0.5) is 0 Å². The van der Waals surface area contributed by atoms with E-state index in [1.165, 1.54) is 25.1 Å². The smallest absolute Gasteiger partial charge is 0.271 e. The lowest BCUT2D eigenvalue weighted by Crippen LogP contribution is -2.27. The number of aromatic nitrogens is 1. The maximum absolute atomic E-state index is 13.0. The molecule has 0 unspecified atom stereocenters. The van der Waals surface area contributed by atoms with Crippen molar-refractivity contribution >= 4 is 29.0 Å². The van der Waals surface area contributed by atoms with E-state index in [0.29, 0.717) is 11.4 Å². The average molecular weight is 393 g/mol. The van der Waals surface area contributed by atoms with E-state index in [2.05, 4.69) is 0 Å². The number of hydrogen-bond acceptors (Lipinski definition) is 4. The molecule has 136 valence electrons. The first-order valence-electron chi connectivity index (χ1n) is 8.19.